The van der Waals surface area contributed by atoms with E-state index in [0.717, 1.165) is 12.8 Å². The Morgan fingerprint density at radius 1 is 1.32 bits per heavy atom. The topological polar surface area (TPSA) is 81.4 Å². The normalized spacial score (nSPS) is 12.6. The molecule has 0 aliphatic rings. The van der Waals surface area contributed by atoms with Crippen molar-refractivity contribution in [1.82, 2.24) is 4.72 Å². The second-order valence-corrected chi connectivity index (χ2v) is 7.11. The summed E-state index contributed by atoms with van der Waals surface area (Å²) in [4.78, 5) is -0.0788. The molecular formula is C13H21Cl3N2O3S. The molecule has 9 heteroatoms. The van der Waals surface area contributed by atoms with Gasteiger partial charge in [0.2, 0.25) is 10.0 Å². The summed E-state index contributed by atoms with van der Waals surface area (Å²) >= 11 is 12.0. The number of ether oxygens (including phenoxy) is 1. The number of nitrogens with two attached hydrogens (primary N) is 1. The highest BCUT2D eigenvalue weighted by molar-refractivity contribution is 7.89. The van der Waals surface area contributed by atoms with Gasteiger partial charge in [-0.15, -0.1) is 12.4 Å². The lowest BCUT2D eigenvalue weighted by Gasteiger charge is -2.17. The summed E-state index contributed by atoms with van der Waals surface area (Å²) in [5.74, 6) is 0.321. The number of methoxy groups -OCH3 is 1. The molecule has 22 heavy (non-hydrogen) atoms. The van der Waals surface area contributed by atoms with Gasteiger partial charge in [-0.25, -0.2) is 13.1 Å². The summed E-state index contributed by atoms with van der Waals surface area (Å²) in [5.41, 5.74) is 5.61. The minimum atomic E-state index is -3.78. The Morgan fingerprint density at radius 2 is 1.95 bits per heavy atom. The third-order valence-electron chi connectivity index (χ3n) is 3.01. The standard InChI is InChI=1S/C13H20Cl2N2O3S.ClH/c1-3-4-5-9(8-16)17-21(18,19)13-7-10(14)12(20-2)6-11(13)15;/h6-7,9,17H,3-5,8,16H2,1-2H3;1H. The van der Waals surface area contributed by atoms with Crippen LogP contribution in [0.5, 0.6) is 5.75 Å². The first-order valence-electron chi connectivity index (χ1n) is 6.61. The van der Waals surface area contributed by atoms with Crippen molar-refractivity contribution >= 4 is 45.6 Å². The molecule has 0 fully saturated rings. The second kappa shape index (κ2) is 9.80. The van der Waals surface area contributed by atoms with Crippen molar-refractivity contribution in [2.24, 2.45) is 5.73 Å². The lowest BCUT2D eigenvalue weighted by Crippen LogP contribution is -2.40. The maximum atomic E-state index is 12.4. The Kier molecular flexibility index (Phi) is 9.69. The van der Waals surface area contributed by atoms with Crippen molar-refractivity contribution in [2.45, 2.75) is 37.1 Å². The molecule has 0 aromatic heterocycles. The van der Waals surface area contributed by atoms with Gasteiger partial charge in [-0.1, -0.05) is 43.0 Å². The van der Waals surface area contributed by atoms with Crippen molar-refractivity contribution in [3.8, 4) is 5.75 Å². The molecule has 0 aliphatic heterocycles. The summed E-state index contributed by atoms with van der Waals surface area (Å²) in [6, 6.07) is 2.33. The molecule has 128 valence electrons. The van der Waals surface area contributed by atoms with Gasteiger partial charge >= 0.3 is 0 Å². The van der Waals surface area contributed by atoms with E-state index in [0.29, 0.717) is 12.2 Å². The quantitative estimate of drug-likeness (QED) is 0.713. The van der Waals surface area contributed by atoms with Gasteiger partial charge in [0.05, 0.1) is 17.2 Å². The fraction of sp³-hybridized carbons (Fsp3) is 0.538. The maximum Gasteiger partial charge on any atom is 0.242 e. The predicted octanol–water partition coefficient (Wildman–Crippen LogP) is 3.22. The van der Waals surface area contributed by atoms with Crippen LogP contribution in [0, 0.1) is 0 Å². The van der Waals surface area contributed by atoms with Crippen molar-refractivity contribution in [2.75, 3.05) is 13.7 Å². The van der Waals surface area contributed by atoms with Crippen LogP contribution in [0.3, 0.4) is 0 Å². The highest BCUT2D eigenvalue weighted by Gasteiger charge is 2.23. The van der Waals surface area contributed by atoms with Gasteiger partial charge in [0.25, 0.3) is 0 Å². The number of hydrogen-bond acceptors (Lipinski definition) is 4. The molecule has 1 unspecified atom stereocenters. The molecule has 0 spiro atoms. The first kappa shape index (κ1) is 21.8. The van der Waals surface area contributed by atoms with Crippen LogP contribution in [0.4, 0.5) is 0 Å². The predicted molar refractivity (Wildman–Crippen MR) is 93.0 cm³/mol. The SMILES string of the molecule is CCCCC(CN)NS(=O)(=O)c1cc(Cl)c(OC)cc1Cl.Cl. The largest absolute Gasteiger partial charge is 0.495 e. The zero-order valence-electron chi connectivity index (χ0n) is 12.4. The Balaban J connectivity index is 0.00000441. The lowest BCUT2D eigenvalue weighted by molar-refractivity contribution is 0.414. The fourth-order valence-electron chi connectivity index (χ4n) is 1.83. The second-order valence-electron chi connectivity index (χ2n) is 4.61. The third kappa shape index (κ3) is 5.76. The van der Waals surface area contributed by atoms with E-state index in [2.05, 4.69) is 4.72 Å². The van der Waals surface area contributed by atoms with Crippen LogP contribution in [0.25, 0.3) is 0 Å². The number of hydrogen-bond donors (Lipinski definition) is 2. The van der Waals surface area contributed by atoms with E-state index in [1.165, 1.54) is 19.2 Å². The molecule has 0 saturated carbocycles. The Bertz CT molecular complexity index is 582. The molecular weight excluding hydrogens is 371 g/mol. The number of benzene rings is 1. The Labute approximate surface area is 148 Å². The number of halogens is 3. The first-order valence-corrected chi connectivity index (χ1v) is 8.85. The smallest absolute Gasteiger partial charge is 0.242 e. The fourth-order valence-corrected chi connectivity index (χ4v) is 3.96. The van der Waals surface area contributed by atoms with Gasteiger partial charge in [0, 0.05) is 18.7 Å². The van der Waals surface area contributed by atoms with Crippen LogP contribution in [-0.2, 0) is 10.0 Å². The number of rotatable bonds is 8. The van der Waals surface area contributed by atoms with E-state index in [1.54, 1.807) is 0 Å². The molecule has 1 aromatic rings. The van der Waals surface area contributed by atoms with E-state index in [1.807, 2.05) is 6.92 Å². The highest BCUT2D eigenvalue weighted by Crippen LogP contribution is 2.33. The zero-order valence-corrected chi connectivity index (χ0v) is 15.6. The first-order chi connectivity index (χ1) is 9.85. The summed E-state index contributed by atoms with van der Waals surface area (Å²) in [7, 11) is -2.35. The monoisotopic (exact) mass is 390 g/mol. The zero-order chi connectivity index (χ0) is 16.0. The molecule has 0 saturated heterocycles. The maximum absolute atomic E-state index is 12.4. The lowest BCUT2D eigenvalue weighted by atomic mass is 10.1. The Hall–Kier alpha value is -0.240. The summed E-state index contributed by atoms with van der Waals surface area (Å²) in [6.07, 6.45) is 2.53. The number of unbranched alkanes of at least 4 members (excludes halogenated alkanes) is 1. The molecule has 0 bridgehead atoms. The van der Waals surface area contributed by atoms with Gasteiger partial charge < -0.3 is 10.5 Å². The van der Waals surface area contributed by atoms with E-state index < -0.39 is 10.0 Å². The van der Waals surface area contributed by atoms with Crippen LogP contribution < -0.4 is 15.2 Å². The Morgan fingerprint density at radius 3 is 2.45 bits per heavy atom. The van der Waals surface area contributed by atoms with Crippen molar-refractivity contribution in [3.63, 3.8) is 0 Å². The van der Waals surface area contributed by atoms with Gasteiger partial charge in [0.1, 0.15) is 10.6 Å². The molecule has 0 heterocycles. The van der Waals surface area contributed by atoms with Crippen LogP contribution in [0.1, 0.15) is 26.2 Å². The molecule has 5 nitrogen and oxygen atoms in total. The van der Waals surface area contributed by atoms with Crippen LogP contribution in [-0.4, -0.2) is 28.1 Å². The molecule has 0 aliphatic carbocycles. The van der Waals surface area contributed by atoms with Gasteiger partial charge in [0.15, 0.2) is 0 Å². The van der Waals surface area contributed by atoms with E-state index >= 15 is 0 Å². The molecule has 0 radical (unpaired) electrons. The van der Waals surface area contributed by atoms with Crippen molar-refractivity contribution in [3.05, 3.63) is 22.2 Å². The van der Waals surface area contributed by atoms with Gasteiger partial charge in [-0.05, 0) is 12.5 Å². The molecule has 3 N–H and O–H groups in total. The van der Waals surface area contributed by atoms with Crippen molar-refractivity contribution in [1.29, 1.82) is 0 Å². The molecule has 1 atom stereocenters. The number of sulfonamides is 1. The average molecular weight is 392 g/mol. The van der Waals surface area contributed by atoms with E-state index in [-0.39, 0.29) is 39.9 Å². The van der Waals surface area contributed by atoms with E-state index in [9.17, 15) is 8.42 Å². The summed E-state index contributed by atoms with van der Waals surface area (Å²) < 4.78 is 32.3. The van der Waals surface area contributed by atoms with Gasteiger partial charge in [-0.2, -0.15) is 0 Å². The highest BCUT2D eigenvalue weighted by atomic mass is 35.5. The third-order valence-corrected chi connectivity index (χ3v) is 5.29. The van der Waals surface area contributed by atoms with E-state index in [4.69, 9.17) is 33.7 Å². The summed E-state index contributed by atoms with van der Waals surface area (Å²) in [6.45, 7) is 2.25. The average Bonchev–Trinajstić information content (AvgIpc) is 2.45. The van der Waals surface area contributed by atoms with Crippen LogP contribution >= 0.6 is 35.6 Å². The summed E-state index contributed by atoms with van der Waals surface area (Å²) in [5, 5.41) is 0.232. The molecule has 0 amide bonds. The minimum Gasteiger partial charge on any atom is -0.495 e. The minimum absolute atomic E-state index is 0. The number of nitrogens with one attached hydrogen (secondary N) is 1. The van der Waals surface area contributed by atoms with Crippen molar-refractivity contribution < 1.29 is 13.2 Å². The van der Waals surface area contributed by atoms with Gasteiger partial charge in [-0.3, -0.25) is 0 Å². The molecule has 1 aromatic carbocycles. The van der Waals surface area contributed by atoms with Crippen LogP contribution in [0.2, 0.25) is 10.0 Å². The van der Waals surface area contributed by atoms with Crippen LogP contribution in [0.15, 0.2) is 17.0 Å². The molecule has 1 rings (SSSR count).